The van der Waals surface area contributed by atoms with Gasteiger partial charge in [-0.1, -0.05) is 0 Å². The van der Waals surface area contributed by atoms with Crippen molar-refractivity contribution in [1.29, 1.82) is 0 Å². The summed E-state index contributed by atoms with van der Waals surface area (Å²) in [5, 5.41) is 8.05. The van der Waals surface area contributed by atoms with E-state index in [2.05, 4.69) is 38.1 Å². The van der Waals surface area contributed by atoms with Gasteiger partial charge in [-0.3, -0.25) is 9.80 Å². The third-order valence-electron chi connectivity index (χ3n) is 3.65. The van der Waals surface area contributed by atoms with Crippen LogP contribution in [0.4, 0.5) is 0 Å². The molecule has 0 saturated carbocycles. The molecule has 3 aliphatic heterocycles. The van der Waals surface area contributed by atoms with Crippen molar-refractivity contribution in [3.63, 3.8) is 0 Å². The zero-order chi connectivity index (χ0) is 13.4. The smallest absolute Gasteiger partial charge is 0.220 e. The third kappa shape index (κ3) is 2.63. The molecule has 6 nitrogen and oxygen atoms in total. The Morgan fingerprint density at radius 2 is 2.42 bits per heavy atom. The van der Waals surface area contributed by atoms with Crippen molar-refractivity contribution >= 4 is 21.8 Å². The number of carbonyl (C=O) groups excluding carboxylic acids is 1. The van der Waals surface area contributed by atoms with E-state index in [4.69, 9.17) is 4.74 Å². The Labute approximate surface area is 120 Å². The summed E-state index contributed by atoms with van der Waals surface area (Å²) in [6, 6.07) is 0. The van der Waals surface area contributed by atoms with E-state index in [1.807, 2.05) is 18.1 Å². The Hall–Kier alpha value is -1.05. The van der Waals surface area contributed by atoms with E-state index >= 15 is 0 Å². The monoisotopic (exact) mass is 328 g/mol. The third-order valence-corrected chi connectivity index (χ3v) is 4.09. The lowest BCUT2D eigenvalue weighted by Gasteiger charge is -2.34. The van der Waals surface area contributed by atoms with E-state index in [0.29, 0.717) is 13.0 Å². The van der Waals surface area contributed by atoms with Crippen LogP contribution in [-0.4, -0.2) is 36.3 Å². The standard InChI is InChI=1S/C12H17BrN4O2/c1-7(8-4-11(18)14-5-8)19-12-9-2-3-15-17(9)6-10(13)16-12/h2,6-8,12,15-16H,3-5H2,1H3,(H,14,18). The van der Waals surface area contributed by atoms with E-state index in [1.54, 1.807) is 0 Å². The Bertz CT molecular complexity index is 451. The highest BCUT2D eigenvalue weighted by molar-refractivity contribution is 9.11. The molecule has 0 spiro atoms. The van der Waals surface area contributed by atoms with Gasteiger partial charge in [-0.2, -0.15) is 0 Å². The van der Waals surface area contributed by atoms with Crippen LogP contribution < -0.4 is 16.1 Å². The lowest BCUT2D eigenvalue weighted by atomic mass is 10.0. The van der Waals surface area contributed by atoms with Crippen molar-refractivity contribution in [2.24, 2.45) is 5.92 Å². The minimum atomic E-state index is -0.194. The van der Waals surface area contributed by atoms with Gasteiger partial charge in [-0.15, -0.1) is 0 Å². The van der Waals surface area contributed by atoms with Crippen LogP contribution >= 0.6 is 15.9 Å². The molecule has 0 bridgehead atoms. The van der Waals surface area contributed by atoms with Gasteiger partial charge in [-0.25, -0.2) is 5.43 Å². The van der Waals surface area contributed by atoms with E-state index in [9.17, 15) is 4.79 Å². The lowest BCUT2D eigenvalue weighted by molar-refractivity contribution is -0.119. The first-order valence-corrected chi connectivity index (χ1v) is 7.21. The second-order valence-electron chi connectivity index (χ2n) is 4.97. The highest BCUT2D eigenvalue weighted by atomic mass is 79.9. The van der Waals surface area contributed by atoms with Crippen molar-refractivity contribution in [3.8, 4) is 0 Å². The summed E-state index contributed by atoms with van der Waals surface area (Å²) in [6.45, 7) is 3.52. The predicted octanol–water partition coefficient (Wildman–Crippen LogP) is 0.355. The first-order chi connectivity index (χ1) is 9.13. The van der Waals surface area contributed by atoms with Crippen molar-refractivity contribution < 1.29 is 9.53 Å². The van der Waals surface area contributed by atoms with Crippen molar-refractivity contribution in [1.82, 2.24) is 21.1 Å². The fourth-order valence-electron chi connectivity index (χ4n) is 2.53. The number of fused-ring (bicyclic) bond motifs is 1. The van der Waals surface area contributed by atoms with Gasteiger partial charge < -0.3 is 15.4 Å². The van der Waals surface area contributed by atoms with Crippen LogP contribution in [0.1, 0.15) is 13.3 Å². The second kappa shape index (κ2) is 5.15. The van der Waals surface area contributed by atoms with Gasteiger partial charge in [0, 0.05) is 25.4 Å². The van der Waals surface area contributed by atoms with Gasteiger partial charge in [0.15, 0.2) is 6.23 Å². The quantitative estimate of drug-likeness (QED) is 0.653. The second-order valence-corrected chi connectivity index (χ2v) is 5.83. The number of hydrogen-bond donors (Lipinski definition) is 3. The number of nitrogens with zero attached hydrogens (tertiary/aromatic N) is 1. The molecule has 0 aromatic heterocycles. The van der Waals surface area contributed by atoms with E-state index in [-0.39, 0.29) is 24.2 Å². The number of hydrazine groups is 1. The number of nitrogens with one attached hydrogen (secondary N) is 3. The first kappa shape index (κ1) is 13.0. The molecule has 1 saturated heterocycles. The van der Waals surface area contributed by atoms with Gasteiger partial charge >= 0.3 is 0 Å². The molecule has 3 heterocycles. The van der Waals surface area contributed by atoms with Crippen molar-refractivity contribution in [2.45, 2.75) is 25.7 Å². The number of rotatable bonds is 3. The molecule has 3 rings (SSSR count). The summed E-state index contributed by atoms with van der Waals surface area (Å²) >= 11 is 3.44. The highest BCUT2D eigenvalue weighted by Crippen LogP contribution is 2.26. The Morgan fingerprint density at radius 1 is 1.58 bits per heavy atom. The van der Waals surface area contributed by atoms with Gasteiger partial charge in [0.1, 0.15) is 0 Å². The maximum atomic E-state index is 11.3. The number of hydrogen-bond acceptors (Lipinski definition) is 5. The molecule has 104 valence electrons. The van der Waals surface area contributed by atoms with Gasteiger partial charge in [0.2, 0.25) is 5.91 Å². The van der Waals surface area contributed by atoms with E-state index in [1.165, 1.54) is 0 Å². The lowest BCUT2D eigenvalue weighted by Crippen LogP contribution is -2.46. The molecular formula is C12H17BrN4O2. The highest BCUT2D eigenvalue weighted by Gasteiger charge is 2.33. The summed E-state index contributed by atoms with van der Waals surface area (Å²) in [6.07, 6.45) is 4.40. The molecule has 3 atom stereocenters. The Morgan fingerprint density at radius 3 is 3.16 bits per heavy atom. The summed E-state index contributed by atoms with van der Waals surface area (Å²) in [7, 11) is 0. The average molecular weight is 329 g/mol. The normalized spacial score (nSPS) is 31.3. The number of halogens is 1. The molecule has 1 amide bonds. The van der Waals surface area contributed by atoms with E-state index < -0.39 is 0 Å². The minimum absolute atomic E-state index is 0.0122. The summed E-state index contributed by atoms with van der Waals surface area (Å²) in [4.78, 5) is 11.3. The Balaban J connectivity index is 1.66. The number of carbonyl (C=O) groups is 1. The van der Waals surface area contributed by atoms with Gasteiger partial charge in [0.05, 0.1) is 22.6 Å². The van der Waals surface area contributed by atoms with Crippen LogP contribution in [0, 0.1) is 5.92 Å². The predicted molar refractivity (Wildman–Crippen MR) is 73.5 cm³/mol. The SMILES string of the molecule is CC(OC1NC(Br)=CN2NCC=C12)C1CNC(=O)C1. The average Bonchev–Trinajstić information content (AvgIpc) is 2.97. The molecule has 0 aromatic carbocycles. The zero-order valence-electron chi connectivity index (χ0n) is 10.6. The molecule has 0 aromatic rings. The Kier molecular flexibility index (Phi) is 3.51. The summed E-state index contributed by atoms with van der Waals surface area (Å²) < 4.78 is 6.96. The molecule has 7 heteroatoms. The minimum Gasteiger partial charge on any atom is -0.356 e. The van der Waals surface area contributed by atoms with Crippen LogP contribution in [0.25, 0.3) is 0 Å². The van der Waals surface area contributed by atoms with Crippen molar-refractivity contribution in [2.75, 3.05) is 13.1 Å². The van der Waals surface area contributed by atoms with E-state index in [0.717, 1.165) is 16.8 Å². The maximum absolute atomic E-state index is 11.3. The maximum Gasteiger partial charge on any atom is 0.220 e. The van der Waals surface area contributed by atoms with Crippen LogP contribution in [0.15, 0.2) is 22.6 Å². The number of amides is 1. The zero-order valence-corrected chi connectivity index (χ0v) is 12.2. The molecular weight excluding hydrogens is 312 g/mol. The van der Waals surface area contributed by atoms with Gasteiger partial charge in [-0.05, 0) is 28.9 Å². The molecule has 19 heavy (non-hydrogen) atoms. The van der Waals surface area contributed by atoms with Crippen molar-refractivity contribution in [3.05, 3.63) is 22.6 Å². The van der Waals surface area contributed by atoms with Gasteiger partial charge in [0.25, 0.3) is 0 Å². The first-order valence-electron chi connectivity index (χ1n) is 6.42. The van der Waals surface area contributed by atoms with Crippen LogP contribution in [0.3, 0.4) is 0 Å². The van der Waals surface area contributed by atoms with Crippen LogP contribution in [0.5, 0.6) is 0 Å². The molecule has 1 fully saturated rings. The molecule has 0 aliphatic carbocycles. The fraction of sp³-hybridized carbons (Fsp3) is 0.583. The summed E-state index contributed by atoms with van der Waals surface area (Å²) in [5.74, 6) is 0.351. The molecule has 3 N–H and O–H groups in total. The topological polar surface area (TPSA) is 65.6 Å². The van der Waals surface area contributed by atoms with Crippen LogP contribution in [0.2, 0.25) is 0 Å². The molecule has 3 aliphatic rings. The largest absolute Gasteiger partial charge is 0.356 e. The number of ether oxygens (including phenoxy) is 1. The summed E-state index contributed by atoms with van der Waals surface area (Å²) in [5.41, 5.74) is 4.28. The van der Waals surface area contributed by atoms with Crippen LogP contribution in [-0.2, 0) is 9.53 Å². The fourth-order valence-corrected chi connectivity index (χ4v) is 2.94. The molecule has 0 radical (unpaired) electrons. The molecule has 3 unspecified atom stereocenters.